The molecule has 0 aliphatic carbocycles. The summed E-state index contributed by atoms with van der Waals surface area (Å²) in [5.41, 5.74) is 0.443. The summed E-state index contributed by atoms with van der Waals surface area (Å²) in [5.74, 6) is 0.922. The van der Waals surface area contributed by atoms with E-state index in [0.717, 1.165) is 0 Å². The molecule has 0 aliphatic heterocycles. The van der Waals surface area contributed by atoms with Crippen molar-refractivity contribution in [3.63, 3.8) is 0 Å². The number of hydrogen-bond donors (Lipinski definition) is 0. The van der Waals surface area contributed by atoms with Gasteiger partial charge < -0.3 is 18.9 Å². The van der Waals surface area contributed by atoms with Crippen LogP contribution in [0.5, 0.6) is 17.2 Å². The summed E-state index contributed by atoms with van der Waals surface area (Å²) in [4.78, 5) is 23.3. The minimum atomic E-state index is -0.267. The van der Waals surface area contributed by atoms with Gasteiger partial charge in [0.25, 0.3) is 0 Å². The Morgan fingerprint density at radius 2 is 1.50 bits per heavy atom. The van der Waals surface area contributed by atoms with Crippen molar-refractivity contribution in [3.05, 3.63) is 17.7 Å². The Kier molecular flexibility index (Phi) is 7.22. The van der Waals surface area contributed by atoms with Crippen molar-refractivity contribution in [1.82, 2.24) is 0 Å². The van der Waals surface area contributed by atoms with Crippen LogP contribution in [0.1, 0.15) is 36.0 Å². The third kappa shape index (κ3) is 4.38. The van der Waals surface area contributed by atoms with Crippen LogP contribution in [-0.2, 0) is 9.53 Å². The summed E-state index contributed by atoms with van der Waals surface area (Å²) < 4.78 is 20.3. The Morgan fingerprint density at radius 1 is 0.864 bits per heavy atom. The monoisotopic (exact) mass is 310 g/mol. The van der Waals surface area contributed by atoms with Crippen molar-refractivity contribution in [2.24, 2.45) is 0 Å². The van der Waals surface area contributed by atoms with Crippen molar-refractivity contribution < 1.29 is 28.5 Å². The summed E-state index contributed by atoms with van der Waals surface area (Å²) >= 11 is 0. The Bertz CT molecular complexity index is 524. The van der Waals surface area contributed by atoms with E-state index in [0.29, 0.717) is 48.5 Å². The van der Waals surface area contributed by atoms with E-state index >= 15 is 0 Å². The van der Waals surface area contributed by atoms with Crippen LogP contribution >= 0.6 is 0 Å². The molecule has 6 heteroatoms. The standard InChI is InChI=1S/C16H22O6/c1-19-13-10-9-11(15(21-3)16(13)22-4)12(17)7-5-6-8-14(18)20-2/h9-10H,5-8H2,1-4H3. The Hall–Kier alpha value is -2.24. The first-order valence-electron chi connectivity index (χ1n) is 6.98. The molecule has 0 saturated heterocycles. The van der Waals surface area contributed by atoms with E-state index in [9.17, 15) is 9.59 Å². The molecule has 0 atom stereocenters. The normalized spacial score (nSPS) is 10.0. The molecule has 0 aromatic heterocycles. The highest BCUT2D eigenvalue weighted by atomic mass is 16.5. The van der Waals surface area contributed by atoms with Gasteiger partial charge in [0, 0.05) is 12.8 Å². The van der Waals surface area contributed by atoms with E-state index in [1.807, 2.05) is 0 Å². The molecule has 0 amide bonds. The second-order valence-electron chi connectivity index (χ2n) is 4.59. The minimum absolute atomic E-state index is 0.0670. The van der Waals surface area contributed by atoms with Crippen molar-refractivity contribution >= 4 is 11.8 Å². The summed E-state index contributed by atoms with van der Waals surface area (Å²) in [6.07, 6.45) is 1.84. The van der Waals surface area contributed by atoms with Gasteiger partial charge in [0.1, 0.15) is 0 Å². The number of benzene rings is 1. The lowest BCUT2D eigenvalue weighted by atomic mass is 10.0. The number of ether oxygens (including phenoxy) is 4. The van der Waals surface area contributed by atoms with Crippen LogP contribution in [-0.4, -0.2) is 40.2 Å². The molecule has 0 spiro atoms. The van der Waals surface area contributed by atoms with E-state index < -0.39 is 0 Å². The van der Waals surface area contributed by atoms with Crippen LogP contribution in [0.15, 0.2) is 12.1 Å². The molecule has 0 saturated carbocycles. The molecule has 6 nitrogen and oxygen atoms in total. The predicted octanol–water partition coefficient (Wildman–Crippen LogP) is 2.63. The lowest BCUT2D eigenvalue weighted by Crippen LogP contribution is -2.06. The Morgan fingerprint density at radius 3 is 2.05 bits per heavy atom. The number of carbonyl (C=O) groups excluding carboxylic acids is 2. The minimum Gasteiger partial charge on any atom is -0.493 e. The maximum atomic E-state index is 12.3. The maximum absolute atomic E-state index is 12.3. The number of hydrogen-bond acceptors (Lipinski definition) is 6. The fraction of sp³-hybridized carbons (Fsp3) is 0.500. The topological polar surface area (TPSA) is 71.1 Å². The molecule has 0 aliphatic rings. The Balaban J connectivity index is 2.78. The van der Waals surface area contributed by atoms with E-state index in [2.05, 4.69) is 4.74 Å². The number of unbranched alkanes of at least 4 members (excludes halogenated alkanes) is 1. The lowest BCUT2D eigenvalue weighted by molar-refractivity contribution is -0.140. The number of rotatable bonds is 9. The maximum Gasteiger partial charge on any atom is 0.305 e. The van der Waals surface area contributed by atoms with E-state index in [-0.39, 0.29) is 11.8 Å². The van der Waals surface area contributed by atoms with Gasteiger partial charge in [-0.15, -0.1) is 0 Å². The first kappa shape index (κ1) is 17.8. The molecule has 0 radical (unpaired) electrons. The summed E-state index contributed by atoms with van der Waals surface area (Å²) in [6.45, 7) is 0. The average Bonchev–Trinajstić information content (AvgIpc) is 2.56. The fourth-order valence-electron chi connectivity index (χ4n) is 2.11. The van der Waals surface area contributed by atoms with Crippen molar-refractivity contribution in [1.29, 1.82) is 0 Å². The molecule has 122 valence electrons. The highest BCUT2D eigenvalue weighted by Gasteiger charge is 2.20. The second kappa shape index (κ2) is 8.92. The third-order valence-electron chi connectivity index (χ3n) is 3.27. The summed E-state index contributed by atoms with van der Waals surface area (Å²) in [6, 6.07) is 3.33. The molecule has 0 N–H and O–H groups in total. The SMILES string of the molecule is COC(=O)CCCCC(=O)c1ccc(OC)c(OC)c1OC. The summed E-state index contributed by atoms with van der Waals surface area (Å²) in [7, 11) is 5.84. The number of Topliss-reactive ketones (excluding diaryl/α,β-unsaturated/α-hetero) is 1. The van der Waals surface area contributed by atoms with E-state index in [4.69, 9.17) is 14.2 Å². The molecular weight excluding hydrogens is 288 g/mol. The van der Waals surface area contributed by atoms with Gasteiger partial charge in [0.15, 0.2) is 17.3 Å². The molecule has 1 aromatic carbocycles. The van der Waals surface area contributed by atoms with Gasteiger partial charge in [-0.25, -0.2) is 0 Å². The van der Waals surface area contributed by atoms with Crippen LogP contribution in [0.25, 0.3) is 0 Å². The third-order valence-corrected chi connectivity index (χ3v) is 3.27. The highest BCUT2D eigenvalue weighted by Crippen LogP contribution is 2.40. The number of esters is 1. The summed E-state index contributed by atoms with van der Waals surface area (Å²) in [5, 5.41) is 0. The van der Waals surface area contributed by atoms with Crippen molar-refractivity contribution in [2.45, 2.75) is 25.7 Å². The predicted molar refractivity (Wildman–Crippen MR) is 80.9 cm³/mol. The highest BCUT2D eigenvalue weighted by molar-refractivity contribution is 5.99. The number of ketones is 1. The number of methoxy groups -OCH3 is 4. The molecular formula is C16H22O6. The van der Waals surface area contributed by atoms with Crippen molar-refractivity contribution in [2.75, 3.05) is 28.4 Å². The van der Waals surface area contributed by atoms with E-state index in [1.54, 1.807) is 12.1 Å². The molecule has 1 rings (SSSR count). The van der Waals surface area contributed by atoms with Gasteiger partial charge >= 0.3 is 5.97 Å². The fourth-order valence-corrected chi connectivity index (χ4v) is 2.11. The van der Waals surface area contributed by atoms with Gasteiger partial charge in [-0.3, -0.25) is 9.59 Å². The Labute approximate surface area is 130 Å². The lowest BCUT2D eigenvalue weighted by Gasteiger charge is -2.15. The van der Waals surface area contributed by atoms with Crippen LogP contribution in [0.3, 0.4) is 0 Å². The van der Waals surface area contributed by atoms with Gasteiger partial charge in [-0.1, -0.05) is 0 Å². The molecule has 0 bridgehead atoms. The molecule has 0 unspecified atom stereocenters. The zero-order valence-corrected chi connectivity index (χ0v) is 13.4. The second-order valence-corrected chi connectivity index (χ2v) is 4.59. The van der Waals surface area contributed by atoms with E-state index in [1.165, 1.54) is 28.4 Å². The van der Waals surface area contributed by atoms with Crippen LogP contribution in [0.4, 0.5) is 0 Å². The van der Waals surface area contributed by atoms with Gasteiger partial charge in [-0.2, -0.15) is 0 Å². The molecule has 1 aromatic rings. The largest absolute Gasteiger partial charge is 0.493 e. The smallest absolute Gasteiger partial charge is 0.305 e. The quantitative estimate of drug-likeness (QED) is 0.397. The van der Waals surface area contributed by atoms with Crippen molar-refractivity contribution in [3.8, 4) is 17.2 Å². The molecule has 0 heterocycles. The zero-order valence-electron chi connectivity index (χ0n) is 13.4. The average molecular weight is 310 g/mol. The molecule has 0 fully saturated rings. The first-order chi connectivity index (χ1) is 10.6. The van der Waals surface area contributed by atoms with Crippen LogP contribution in [0.2, 0.25) is 0 Å². The van der Waals surface area contributed by atoms with Crippen LogP contribution < -0.4 is 14.2 Å². The van der Waals surface area contributed by atoms with Gasteiger partial charge in [-0.05, 0) is 25.0 Å². The van der Waals surface area contributed by atoms with Gasteiger partial charge in [0.05, 0.1) is 34.0 Å². The van der Waals surface area contributed by atoms with Gasteiger partial charge in [0.2, 0.25) is 5.75 Å². The van der Waals surface area contributed by atoms with Crippen LogP contribution in [0, 0.1) is 0 Å². The number of carbonyl (C=O) groups is 2. The first-order valence-corrected chi connectivity index (χ1v) is 6.98. The molecule has 22 heavy (non-hydrogen) atoms. The zero-order chi connectivity index (χ0) is 16.5.